The first-order valence-corrected chi connectivity index (χ1v) is 6.78. The molecule has 1 aromatic carbocycles. The van der Waals surface area contributed by atoms with Gasteiger partial charge in [0.15, 0.2) is 0 Å². The molecule has 0 saturated carbocycles. The quantitative estimate of drug-likeness (QED) is 0.875. The van der Waals surface area contributed by atoms with Gasteiger partial charge in [-0.15, -0.1) is 0 Å². The lowest BCUT2D eigenvalue weighted by Gasteiger charge is -2.18. The van der Waals surface area contributed by atoms with Crippen molar-refractivity contribution >= 4 is 11.4 Å². The third-order valence-corrected chi connectivity index (χ3v) is 3.02. The van der Waals surface area contributed by atoms with E-state index in [9.17, 15) is 0 Å². The van der Waals surface area contributed by atoms with Crippen molar-refractivity contribution in [3.05, 3.63) is 48.3 Å². The van der Waals surface area contributed by atoms with Crippen molar-refractivity contribution in [1.29, 1.82) is 0 Å². The van der Waals surface area contributed by atoms with Crippen LogP contribution in [-0.2, 0) is 6.54 Å². The van der Waals surface area contributed by atoms with Gasteiger partial charge in [-0.25, -0.2) is 0 Å². The Kier molecular flexibility index (Phi) is 4.82. The zero-order chi connectivity index (χ0) is 14.4. The number of aromatic nitrogens is 1. The lowest BCUT2D eigenvalue weighted by molar-refractivity contribution is 0.337. The van der Waals surface area contributed by atoms with Crippen LogP contribution in [-0.4, -0.2) is 25.7 Å². The summed E-state index contributed by atoms with van der Waals surface area (Å²) in [5.74, 6) is 0.929. The lowest BCUT2D eigenvalue weighted by Crippen LogP contribution is -2.12. The van der Waals surface area contributed by atoms with E-state index in [-0.39, 0.29) is 0 Å². The number of benzene rings is 1. The molecule has 0 atom stereocenters. The summed E-state index contributed by atoms with van der Waals surface area (Å²) in [5.41, 5.74) is 3.28. The molecule has 1 N–H and O–H groups in total. The molecule has 0 spiro atoms. The Morgan fingerprint density at radius 1 is 1.20 bits per heavy atom. The van der Waals surface area contributed by atoms with E-state index in [2.05, 4.69) is 21.3 Å². The third kappa shape index (κ3) is 3.41. The van der Waals surface area contributed by atoms with Gasteiger partial charge < -0.3 is 15.0 Å². The van der Waals surface area contributed by atoms with Crippen LogP contribution in [0.15, 0.2) is 42.7 Å². The van der Waals surface area contributed by atoms with Gasteiger partial charge in [-0.2, -0.15) is 0 Å². The monoisotopic (exact) mass is 271 g/mol. The molecule has 106 valence electrons. The van der Waals surface area contributed by atoms with Crippen molar-refractivity contribution in [3.8, 4) is 5.75 Å². The zero-order valence-corrected chi connectivity index (χ0v) is 12.3. The van der Waals surface area contributed by atoms with Crippen LogP contribution in [0.4, 0.5) is 11.4 Å². The Morgan fingerprint density at radius 2 is 2.00 bits per heavy atom. The number of hydrogen-bond donors (Lipinski definition) is 1. The van der Waals surface area contributed by atoms with Crippen LogP contribution < -0.4 is 15.0 Å². The molecule has 0 saturated heterocycles. The van der Waals surface area contributed by atoms with Gasteiger partial charge in [0.25, 0.3) is 0 Å². The minimum Gasteiger partial charge on any atom is -0.494 e. The summed E-state index contributed by atoms with van der Waals surface area (Å²) in [6.07, 6.45) is 3.65. The second-order valence-electron chi connectivity index (χ2n) is 4.68. The van der Waals surface area contributed by atoms with Crippen LogP contribution in [0, 0.1) is 0 Å². The first-order chi connectivity index (χ1) is 9.72. The summed E-state index contributed by atoms with van der Waals surface area (Å²) in [7, 11) is 4.04. The molecule has 0 aliphatic rings. The minimum absolute atomic E-state index is 0.673. The predicted octanol–water partition coefficient (Wildman–Crippen LogP) is 3.16. The Bertz CT molecular complexity index is 555. The second kappa shape index (κ2) is 6.80. The van der Waals surface area contributed by atoms with Gasteiger partial charge in [-0.05, 0) is 19.1 Å². The van der Waals surface area contributed by atoms with Crippen molar-refractivity contribution in [1.82, 2.24) is 4.98 Å². The van der Waals surface area contributed by atoms with E-state index < -0.39 is 0 Å². The van der Waals surface area contributed by atoms with Gasteiger partial charge in [-0.3, -0.25) is 4.98 Å². The summed E-state index contributed by atoms with van der Waals surface area (Å²) in [6.45, 7) is 3.38. The van der Waals surface area contributed by atoms with Crippen molar-refractivity contribution < 1.29 is 4.74 Å². The number of hydrogen-bond acceptors (Lipinski definition) is 4. The normalized spacial score (nSPS) is 10.2. The fourth-order valence-electron chi connectivity index (χ4n) is 2.05. The third-order valence-electron chi connectivity index (χ3n) is 3.02. The highest BCUT2D eigenvalue weighted by molar-refractivity contribution is 5.68. The first kappa shape index (κ1) is 14.2. The highest BCUT2D eigenvalue weighted by atomic mass is 16.5. The van der Waals surface area contributed by atoms with Crippen molar-refractivity contribution in [2.75, 3.05) is 30.9 Å². The zero-order valence-electron chi connectivity index (χ0n) is 12.3. The average Bonchev–Trinajstić information content (AvgIpc) is 2.47. The fourth-order valence-corrected chi connectivity index (χ4v) is 2.05. The number of anilines is 2. The van der Waals surface area contributed by atoms with E-state index in [1.165, 1.54) is 0 Å². The second-order valence-corrected chi connectivity index (χ2v) is 4.68. The van der Waals surface area contributed by atoms with Gasteiger partial charge in [-0.1, -0.05) is 18.2 Å². The molecule has 0 unspecified atom stereocenters. The van der Waals surface area contributed by atoms with E-state index in [4.69, 9.17) is 4.74 Å². The highest BCUT2D eigenvalue weighted by Gasteiger charge is 2.06. The van der Waals surface area contributed by atoms with Crippen molar-refractivity contribution in [2.24, 2.45) is 0 Å². The standard InChI is InChI=1S/C16H21N3O/c1-4-20-16-8-6-5-7-13(16)11-18-14-12-17-10-9-15(14)19(2)3/h5-10,12,18H,4,11H2,1-3H3. The molecule has 0 bridgehead atoms. The van der Waals surface area contributed by atoms with Crippen LogP contribution in [0.5, 0.6) is 5.75 Å². The molecule has 0 fully saturated rings. The molecule has 4 heteroatoms. The van der Waals surface area contributed by atoms with Crippen molar-refractivity contribution in [2.45, 2.75) is 13.5 Å². The van der Waals surface area contributed by atoms with Crippen LogP contribution in [0.3, 0.4) is 0 Å². The summed E-state index contributed by atoms with van der Waals surface area (Å²) >= 11 is 0. The van der Waals surface area contributed by atoms with E-state index in [0.717, 1.165) is 22.7 Å². The molecule has 0 aliphatic carbocycles. The first-order valence-electron chi connectivity index (χ1n) is 6.78. The van der Waals surface area contributed by atoms with Crippen molar-refractivity contribution in [3.63, 3.8) is 0 Å². The fraction of sp³-hybridized carbons (Fsp3) is 0.312. The molecule has 0 aliphatic heterocycles. The van der Waals surface area contributed by atoms with Crippen LogP contribution in [0.1, 0.15) is 12.5 Å². The topological polar surface area (TPSA) is 37.4 Å². The molecule has 1 heterocycles. The molecule has 1 aromatic heterocycles. The summed E-state index contributed by atoms with van der Waals surface area (Å²) < 4.78 is 5.64. The van der Waals surface area contributed by atoms with Gasteiger partial charge >= 0.3 is 0 Å². The number of nitrogens with one attached hydrogen (secondary N) is 1. The smallest absolute Gasteiger partial charge is 0.124 e. The Labute approximate surface area is 120 Å². The molecule has 2 rings (SSSR count). The maximum Gasteiger partial charge on any atom is 0.124 e. The Hall–Kier alpha value is -2.23. The number of para-hydroxylation sites is 1. The van der Waals surface area contributed by atoms with E-state index in [1.807, 2.05) is 51.5 Å². The largest absolute Gasteiger partial charge is 0.494 e. The highest BCUT2D eigenvalue weighted by Crippen LogP contribution is 2.24. The summed E-state index contributed by atoms with van der Waals surface area (Å²) in [6, 6.07) is 10.1. The van der Waals surface area contributed by atoms with E-state index >= 15 is 0 Å². The number of pyridine rings is 1. The molecule has 2 aromatic rings. The summed E-state index contributed by atoms with van der Waals surface area (Å²) in [5, 5.41) is 3.43. The molecule has 0 amide bonds. The molecular weight excluding hydrogens is 250 g/mol. The summed E-state index contributed by atoms with van der Waals surface area (Å²) in [4.78, 5) is 6.25. The lowest BCUT2D eigenvalue weighted by atomic mass is 10.2. The van der Waals surface area contributed by atoms with Gasteiger partial charge in [0.2, 0.25) is 0 Å². The SMILES string of the molecule is CCOc1ccccc1CNc1cnccc1N(C)C. The number of rotatable bonds is 6. The Morgan fingerprint density at radius 3 is 2.75 bits per heavy atom. The van der Waals surface area contributed by atoms with Gasteiger partial charge in [0.05, 0.1) is 24.2 Å². The maximum absolute atomic E-state index is 5.64. The molecule has 4 nitrogen and oxygen atoms in total. The number of nitrogens with zero attached hydrogens (tertiary/aromatic N) is 2. The maximum atomic E-state index is 5.64. The van der Waals surface area contributed by atoms with Crippen LogP contribution in [0.25, 0.3) is 0 Å². The molecular formula is C16H21N3O. The molecule has 20 heavy (non-hydrogen) atoms. The van der Waals surface area contributed by atoms with E-state index in [0.29, 0.717) is 13.2 Å². The molecule has 0 radical (unpaired) electrons. The minimum atomic E-state index is 0.673. The number of ether oxygens (including phenoxy) is 1. The van der Waals surface area contributed by atoms with Crippen LogP contribution in [0.2, 0.25) is 0 Å². The Balaban J connectivity index is 2.13. The predicted molar refractivity (Wildman–Crippen MR) is 83.5 cm³/mol. The average molecular weight is 271 g/mol. The van der Waals surface area contributed by atoms with Gasteiger partial charge in [0.1, 0.15) is 5.75 Å². The van der Waals surface area contributed by atoms with E-state index in [1.54, 1.807) is 6.20 Å². The van der Waals surface area contributed by atoms with Gasteiger partial charge in [0, 0.05) is 32.4 Å². The van der Waals surface area contributed by atoms with Crippen LogP contribution >= 0.6 is 0 Å².